The van der Waals surface area contributed by atoms with E-state index in [0.717, 1.165) is 10.5 Å². The maximum atomic E-state index is 12.3. The number of carbonyl (C=O) groups excluding carboxylic acids is 1. The Bertz CT molecular complexity index is 454. The molecule has 1 saturated heterocycles. The van der Waals surface area contributed by atoms with Crippen LogP contribution in [0.15, 0.2) is 23.1 Å². The van der Waals surface area contributed by atoms with Crippen molar-refractivity contribution in [1.82, 2.24) is 4.90 Å². The fraction of sp³-hybridized carbons (Fsp3) is 0.462. The molecule has 1 aliphatic heterocycles. The number of hydrogen-bond acceptors (Lipinski definition) is 4. The van der Waals surface area contributed by atoms with Crippen LogP contribution in [0.2, 0.25) is 0 Å². The number of thioether (sulfide) groups is 1. The largest absolute Gasteiger partial charge is 0.388 e. The van der Waals surface area contributed by atoms with Crippen molar-refractivity contribution in [3.63, 3.8) is 0 Å². The lowest BCUT2D eigenvalue weighted by Gasteiger charge is -2.17. The van der Waals surface area contributed by atoms with E-state index < -0.39 is 12.2 Å². The zero-order chi connectivity index (χ0) is 13.3. The van der Waals surface area contributed by atoms with Crippen LogP contribution in [-0.2, 0) is 0 Å². The second-order valence-corrected chi connectivity index (χ2v) is 5.41. The number of β-amino-alcohol motifs (C(OH)–C–C–N with tert-alkyl or cyclic N) is 2. The Balaban J connectivity index is 2.23. The first-order chi connectivity index (χ1) is 8.52. The smallest absolute Gasteiger partial charge is 0.254 e. The quantitative estimate of drug-likeness (QED) is 0.781. The average molecular weight is 267 g/mol. The number of amides is 1. The molecule has 0 spiro atoms. The first kappa shape index (κ1) is 13.4. The molecule has 2 unspecified atom stereocenters. The SMILES string of the molecule is CSc1ccc(C)c(C(=O)N2CC(O)C(O)C2)c1. The van der Waals surface area contributed by atoms with Gasteiger partial charge in [0.15, 0.2) is 0 Å². The summed E-state index contributed by atoms with van der Waals surface area (Å²) in [5, 5.41) is 19.0. The van der Waals surface area contributed by atoms with Crippen LogP contribution < -0.4 is 0 Å². The zero-order valence-corrected chi connectivity index (χ0v) is 11.3. The molecular formula is C13H17NO3S. The summed E-state index contributed by atoms with van der Waals surface area (Å²) in [6, 6.07) is 5.76. The Morgan fingerprint density at radius 1 is 1.33 bits per heavy atom. The van der Waals surface area contributed by atoms with Crippen LogP contribution >= 0.6 is 11.8 Å². The van der Waals surface area contributed by atoms with Crippen LogP contribution in [0.1, 0.15) is 15.9 Å². The molecule has 5 heteroatoms. The highest BCUT2D eigenvalue weighted by molar-refractivity contribution is 7.98. The summed E-state index contributed by atoms with van der Waals surface area (Å²) in [4.78, 5) is 14.9. The number of rotatable bonds is 2. The molecule has 0 aromatic heterocycles. The molecule has 4 nitrogen and oxygen atoms in total. The molecule has 18 heavy (non-hydrogen) atoms. The van der Waals surface area contributed by atoms with Crippen LogP contribution in [0.25, 0.3) is 0 Å². The highest BCUT2D eigenvalue weighted by Gasteiger charge is 2.33. The second kappa shape index (κ2) is 5.30. The molecule has 1 heterocycles. The summed E-state index contributed by atoms with van der Waals surface area (Å²) in [5.74, 6) is -0.126. The first-order valence-electron chi connectivity index (χ1n) is 5.83. The third-order valence-electron chi connectivity index (χ3n) is 3.22. The number of benzene rings is 1. The van der Waals surface area contributed by atoms with Gasteiger partial charge in [-0.1, -0.05) is 6.07 Å². The third-order valence-corrected chi connectivity index (χ3v) is 3.95. The lowest BCUT2D eigenvalue weighted by Crippen LogP contribution is -2.30. The molecular weight excluding hydrogens is 250 g/mol. The maximum Gasteiger partial charge on any atom is 0.254 e. The van der Waals surface area contributed by atoms with Gasteiger partial charge in [0.2, 0.25) is 0 Å². The normalized spacial score (nSPS) is 23.4. The minimum absolute atomic E-state index is 0.126. The standard InChI is InChI=1S/C13H17NO3S/c1-8-3-4-9(18-2)5-10(8)13(17)14-6-11(15)12(16)7-14/h3-5,11-12,15-16H,6-7H2,1-2H3. The molecule has 1 aromatic carbocycles. The van der Waals surface area contributed by atoms with Crippen LogP contribution in [0.5, 0.6) is 0 Å². The lowest BCUT2D eigenvalue weighted by atomic mass is 10.1. The van der Waals surface area contributed by atoms with Gasteiger partial charge in [-0.3, -0.25) is 4.79 Å². The van der Waals surface area contributed by atoms with Gasteiger partial charge in [-0.15, -0.1) is 11.8 Å². The molecule has 1 amide bonds. The van der Waals surface area contributed by atoms with Gasteiger partial charge in [0.05, 0.1) is 12.2 Å². The number of aryl methyl sites for hydroxylation is 1. The van der Waals surface area contributed by atoms with Gasteiger partial charge in [0.1, 0.15) is 0 Å². The molecule has 1 aliphatic rings. The van der Waals surface area contributed by atoms with Crippen molar-refractivity contribution in [3.05, 3.63) is 29.3 Å². The van der Waals surface area contributed by atoms with E-state index in [2.05, 4.69) is 0 Å². The number of likely N-dealkylation sites (tertiary alicyclic amines) is 1. The number of carbonyl (C=O) groups is 1. The van der Waals surface area contributed by atoms with Gasteiger partial charge in [-0.2, -0.15) is 0 Å². The van der Waals surface area contributed by atoms with Crippen molar-refractivity contribution >= 4 is 17.7 Å². The van der Waals surface area contributed by atoms with Crippen LogP contribution in [0, 0.1) is 6.92 Å². The van der Waals surface area contributed by atoms with Crippen molar-refractivity contribution in [3.8, 4) is 0 Å². The Morgan fingerprint density at radius 3 is 2.50 bits per heavy atom. The predicted molar refractivity (Wildman–Crippen MR) is 70.9 cm³/mol. The average Bonchev–Trinajstić information content (AvgIpc) is 2.69. The Kier molecular flexibility index (Phi) is 3.94. The molecule has 1 fully saturated rings. The maximum absolute atomic E-state index is 12.3. The summed E-state index contributed by atoms with van der Waals surface area (Å²) in [7, 11) is 0. The number of nitrogens with zero attached hydrogens (tertiary/aromatic N) is 1. The molecule has 2 N–H and O–H groups in total. The van der Waals surface area contributed by atoms with Gasteiger partial charge in [0, 0.05) is 23.5 Å². The highest BCUT2D eigenvalue weighted by Crippen LogP contribution is 2.22. The molecule has 2 rings (SSSR count). The Labute approximate surface area is 111 Å². The van der Waals surface area contributed by atoms with Crippen molar-refractivity contribution in [2.45, 2.75) is 24.0 Å². The van der Waals surface area contributed by atoms with Gasteiger partial charge in [-0.05, 0) is 30.9 Å². The fourth-order valence-electron chi connectivity index (χ4n) is 2.06. The Hall–Kier alpha value is -1.04. The van der Waals surface area contributed by atoms with E-state index in [0.29, 0.717) is 5.56 Å². The van der Waals surface area contributed by atoms with Gasteiger partial charge >= 0.3 is 0 Å². The highest BCUT2D eigenvalue weighted by atomic mass is 32.2. The molecule has 0 aliphatic carbocycles. The van der Waals surface area contributed by atoms with E-state index in [9.17, 15) is 15.0 Å². The van der Waals surface area contributed by atoms with E-state index in [4.69, 9.17) is 0 Å². The van der Waals surface area contributed by atoms with E-state index in [-0.39, 0.29) is 19.0 Å². The van der Waals surface area contributed by atoms with E-state index in [1.165, 1.54) is 4.90 Å². The third kappa shape index (κ3) is 2.53. The summed E-state index contributed by atoms with van der Waals surface area (Å²) < 4.78 is 0. The van der Waals surface area contributed by atoms with Gasteiger partial charge in [-0.25, -0.2) is 0 Å². The van der Waals surface area contributed by atoms with Crippen molar-refractivity contribution in [2.24, 2.45) is 0 Å². The summed E-state index contributed by atoms with van der Waals surface area (Å²) in [6.07, 6.45) is 0.290. The lowest BCUT2D eigenvalue weighted by molar-refractivity contribution is 0.0572. The van der Waals surface area contributed by atoms with Crippen molar-refractivity contribution < 1.29 is 15.0 Å². The molecule has 98 valence electrons. The number of hydrogen-bond donors (Lipinski definition) is 2. The molecule has 0 bridgehead atoms. The predicted octanol–water partition coefficient (Wildman–Crippen LogP) is 0.895. The van der Waals surface area contributed by atoms with Crippen molar-refractivity contribution in [1.29, 1.82) is 0 Å². The van der Waals surface area contributed by atoms with E-state index in [1.807, 2.05) is 31.4 Å². The number of aliphatic hydroxyl groups excluding tert-OH is 2. The van der Waals surface area contributed by atoms with E-state index in [1.54, 1.807) is 11.8 Å². The number of aliphatic hydroxyl groups is 2. The topological polar surface area (TPSA) is 60.8 Å². The van der Waals surface area contributed by atoms with E-state index >= 15 is 0 Å². The monoisotopic (exact) mass is 267 g/mol. The summed E-state index contributed by atoms with van der Waals surface area (Å²) in [5.41, 5.74) is 1.55. The molecule has 0 saturated carbocycles. The molecule has 1 aromatic rings. The minimum Gasteiger partial charge on any atom is -0.388 e. The van der Waals surface area contributed by atoms with Crippen molar-refractivity contribution in [2.75, 3.05) is 19.3 Å². The minimum atomic E-state index is -0.835. The molecule has 0 radical (unpaired) electrons. The van der Waals surface area contributed by atoms with Gasteiger partial charge < -0.3 is 15.1 Å². The summed E-state index contributed by atoms with van der Waals surface area (Å²) >= 11 is 1.58. The second-order valence-electron chi connectivity index (χ2n) is 4.53. The molecule has 2 atom stereocenters. The Morgan fingerprint density at radius 2 is 1.94 bits per heavy atom. The zero-order valence-electron chi connectivity index (χ0n) is 10.5. The fourth-order valence-corrected chi connectivity index (χ4v) is 2.50. The summed E-state index contributed by atoms with van der Waals surface area (Å²) in [6.45, 7) is 2.28. The van der Waals surface area contributed by atoms with Crippen LogP contribution in [0.4, 0.5) is 0 Å². The van der Waals surface area contributed by atoms with Gasteiger partial charge in [0.25, 0.3) is 5.91 Å². The van der Waals surface area contributed by atoms with Crippen LogP contribution in [0.3, 0.4) is 0 Å². The van der Waals surface area contributed by atoms with Crippen LogP contribution in [-0.4, -0.2) is 52.6 Å². The first-order valence-corrected chi connectivity index (χ1v) is 7.05.